The molecule has 0 saturated carbocycles. The van der Waals surface area contributed by atoms with Crippen LogP contribution in [0.5, 0.6) is 0 Å². The van der Waals surface area contributed by atoms with Crippen molar-refractivity contribution in [1.29, 1.82) is 0 Å². The first-order chi connectivity index (χ1) is 8.29. The average Bonchev–Trinajstić information content (AvgIpc) is 2.37. The Hall–Kier alpha value is -1.62. The van der Waals surface area contributed by atoms with Crippen molar-refractivity contribution in [2.24, 2.45) is 0 Å². The highest BCUT2D eigenvalue weighted by atomic mass is 15.2. The van der Waals surface area contributed by atoms with E-state index in [1.807, 2.05) is 19.1 Å². The summed E-state index contributed by atoms with van der Waals surface area (Å²) < 4.78 is 0. The molecule has 17 heavy (non-hydrogen) atoms. The highest BCUT2D eigenvalue weighted by Crippen LogP contribution is 2.16. The van der Waals surface area contributed by atoms with Gasteiger partial charge in [0.1, 0.15) is 17.5 Å². The molecular weight excluding hydrogens is 214 g/mol. The van der Waals surface area contributed by atoms with Gasteiger partial charge < -0.3 is 15.5 Å². The van der Waals surface area contributed by atoms with E-state index in [2.05, 4.69) is 32.1 Å². The molecule has 2 rings (SSSR count). The van der Waals surface area contributed by atoms with E-state index < -0.39 is 0 Å². The monoisotopic (exact) mass is 233 g/mol. The van der Waals surface area contributed by atoms with Gasteiger partial charge in [0.25, 0.3) is 0 Å². The van der Waals surface area contributed by atoms with Crippen LogP contribution in [0.25, 0.3) is 0 Å². The van der Waals surface area contributed by atoms with Gasteiger partial charge in [0.05, 0.1) is 0 Å². The largest absolute Gasteiger partial charge is 0.366 e. The topological polar surface area (TPSA) is 53.1 Å². The number of rotatable bonds is 4. The molecule has 2 heterocycles. The molecule has 0 atom stereocenters. The smallest absolute Gasteiger partial charge is 0.134 e. The lowest BCUT2D eigenvalue weighted by Crippen LogP contribution is -2.44. The predicted molar refractivity (Wildman–Crippen MR) is 70.5 cm³/mol. The van der Waals surface area contributed by atoms with Crippen LogP contribution in [0.15, 0.2) is 18.7 Å². The zero-order valence-corrected chi connectivity index (χ0v) is 10.2. The van der Waals surface area contributed by atoms with E-state index in [0.717, 1.165) is 50.2 Å². The van der Waals surface area contributed by atoms with E-state index in [0.29, 0.717) is 0 Å². The molecule has 0 aromatic carbocycles. The molecule has 1 saturated heterocycles. The summed E-state index contributed by atoms with van der Waals surface area (Å²) in [6.07, 6.45) is 1.82. The normalized spacial score (nSPS) is 15.7. The molecule has 0 amide bonds. The molecule has 0 radical (unpaired) electrons. The number of nitrogens with one attached hydrogen (secondary N) is 2. The Bertz CT molecular complexity index is 384. The van der Waals surface area contributed by atoms with E-state index in [4.69, 9.17) is 0 Å². The van der Waals surface area contributed by atoms with Crippen LogP contribution in [0.1, 0.15) is 5.82 Å². The summed E-state index contributed by atoms with van der Waals surface area (Å²) in [6, 6.07) is 2.00. The van der Waals surface area contributed by atoms with Gasteiger partial charge >= 0.3 is 0 Å². The van der Waals surface area contributed by atoms with Gasteiger partial charge in [-0.25, -0.2) is 9.97 Å². The first kappa shape index (κ1) is 11.9. The molecule has 0 unspecified atom stereocenters. The number of aryl methyl sites for hydroxylation is 1. The Morgan fingerprint density at radius 1 is 1.47 bits per heavy atom. The lowest BCUT2D eigenvalue weighted by atomic mass is 10.3. The summed E-state index contributed by atoms with van der Waals surface area (Å²) in [6.45, 7) is 10.3. The van der Waals surface area contributed by atoms with Crippen LogP contribution in [-0.4, -0.2) is 42.7 Å². The second-order valence-corrected chi connectivity index (χ2v) is 4.07. The zero-order valence-electron chi connectivity index (χ0n) is 10.2. The summed E-state index contributed by atoms with van der Waals surface area (Å²) in [4.78, 5) is 11.1. The minimum Gasteiger partial charge on any atom is -0.366 e. The van der Waals surface area contributed by atoms with Crippen molar-refractivity contribution in [2.75, 3.05) is 42.9 Å². The minimum absolute atomic E-state index is 0.720. The molecule has 5 heteroatoms. The van der Waals surface area contributed by atoms with Crippen molar-refractivity contribution >= 4 is 11.6 Å². The number of anilines is 2. The minimum atomic E-state index is 0.720. The summed E-state index contributed by atoms with van der Waals surface area (Å²) in [5.41, 5.74) is 0. The molecule has 5 nitrogen and oxygen atoms in total. The van der Waals surface area contributed by atoms with Crippen LogP contribution in [-0.2, 0) is 0 Å². The number of nitrogens with zero attached hydrogens (tertiary/aromatic N) is 3. The summed E-state index contributed by atoms with van der Waals surface area (Å²) in [5.74, 6) is 2.67. The molecule has 2 N–H and O–H groups in total. The van der Waals surface area contributed by atoms with Crippen molar-refractivity contribution in [3.05, 3.63) is 24.5 Å². The van der Waals surface area contributed by atoms with Crippen molar-refractivity contribution in [1.82, 2.24) is 15.3 Å². The Labute approximate surface area is 102 Å². The first-order valence-corrected chi connectivity index (χ1v) is 5.95. The van der Waals surface area contributed by atoms with Crippen molar-refractivity contribution in [3.63, 3.8) is 0 Å². The Morgan fingerprint density at radius 2 is 2.24 bits per heavy atom. The van der Waals surface area contributed by atoms with Crippen LogP contribution < -0.4 is 15.5 Å². The van der Waals surface area contributed by atoms with E-state index in [9.17, 15) is 0 Å². The van der Waals surface area contributed by atoms with Crippen LogP contribution in [0, 0.1) is 6.92 Å². The molecular formula is C12H19N5. The van der Waals surface area contributed by atoms with Gasteiger partial charge in [-0.1, -0.05) is 6.08 Å². The predicted octanol–water partition coefficient (Wildman–Crippen LogP) is 0.793. The van der Waals surface area contributed by atoms with E-state index in [-0.39, 0.29) is 0 Å². The maximum atomic E-state index is 4.49. The van der Waals surface area contributed by atoms with Gasteiger partial charge in [-0.3, -0.25) is 0 Å². The molecule has 1 aliphatic heterocycles. The van der Waals surface area contributed by atoms with Gasteiger partial charge in [-0.15, -0.1) is 6.58 Å². The van der Waals surface area contributed by atoms with E-state index >= 15 is 0 Å². The highest BCUT2D eigenvalue weighted by Gasteiger charge is 2.13. The molecule has 1 fully saturated rings. The van der Waals surface area contributed by atoms with Crippen molar-refractivity contribution in [2.45, 2.75) is 6.92 Å². The van der Waals surface area contributed by atoms with Crippen LogP contribution >= 0.6 is 0 Å². The summed E-state index contributed by atoms with van der Waals surface area (Å²) >= 11 is 0. The summed E-state index contributed by atoms with van der Waals surface area (Å²) in [7, 11) is 0. The summed E-state index contributed by atoms with van der Waals surface area (Å²) in [5, 5.41) is 6.54. The fourth-order valence-corrected chi connectivity index (χ4v) is 1.88. The number of hydrogen-bond donors (Lipinski definition) is 2. The molecule has 92 valence electrons. The molecule has 0 aliphatic carbocycles. The first-order valence-electron chi connectivity index (χ1n) is 5.95. The highest BCUT2D eigenvalue weighted by molar-refractivity contribution is 5.50. The second-order valence-electron chi connectivity index (χ2n) is 4.07. The lowest BCUT2D eigenvalue weighted by molar-refractivity contribution is 0.584. The maximum Gasteiger partial charge on any atom is 0.134 e. The van der Waals surface area contributed by atoms with Gasteiger partial charge in [-0.05, 0) is 6.92 Å². The zero-order chi connectivity index (χ0) is 12.1. The third kappa shape index (κ3) is 3.17. The molecule has 0 bridgehead atoms. The van der Waals surface area contributed by atoms with Gasteiger partial charge in [-0.2, -0.15) is 0 Å². The molecule has 1 aromatic heterocycles. The average molecular weight is 233 g/mol. The molecule has 1 aliphatic rings. The fraction of sp³-hybridized carbons (Fsp3) is 0.500. The Kier molecular flexibility index (Phi) is 3.93. The number of piperazine rings is 1. The number of hydrogen-bond acceptors (Lipinski definition) is 5. The van der Waals surface area contributed by atoms with Crippen LogP contribution in [0.3, 0.4) is 0 Å². The fourth-order valence-electron chi connectivity index (χ4n) is 1.88. The van der Waals surface area contributed by atoms with Gasteiger partial charge in [0.2, 0.25) is 0 Å². The standard InChI is InChI=1S/C12H19N5/c1-3-4-14-11-9-12(16-10(2)15-11)17-7-5-13-6-8-17/h3,9,13H,1,4-8H2,2H3,(H,14,15,16). The number of aromatic nitrogens is 2. The molecule has 1 aromatic rings. The van der Waals surface area contributed by atoms with E-state index in [1.54, 1.807) is 0 Å². The third-order valence-corrected chi connectivity index (χ3v) is 2.69. The van der Waals surface area contributed by atoms with Gasteiger partial charge in [0.15, 0.2) is 0 Å². The van der Waals surface area contributed by atoms with Crippen LogP contribution in [0.2, 0.25) is 0 Å². The molecule has 0 spiro atoms. The Balaban J connectivity index is 2.14. The van der Waals surface area contributed by atoms with Crippen molar-refractivity contribution < 1.29 is 0 Å². The second kappa shape index (κ2) is 5.63. The third-order valence-electron chi connectivity index (χ3n) is 2.69. The maximum absolute atomic E-state index is 4.49. The van der Waals surface area contributed by atoms with Crippen LogP contribution in [0.4, 0.5) is 11.6 Å². The van der Waals surface area contributed by atoms with E-state index in [1.165, 1.54) is 0 Å². The van der Waals surface area contributed by atoms with Crippen molar-refractivity contribution in [3.8, 4) is 0 Å². The van der Waals surface area contributed by atoms with Gasteiger partial charge in [0, 0.05) is 38.8 Å². The Morgan fingerprint density at radius 3 is 2.94 bits per heavy atom. The quantitative estimate of drug-likeness (QED) is 0.753. The lowest BCUT2D eigenvalue weighted by Gasteiger charge is -2.28. The SMILES string of the molecule is C=CCNc1cc(N2CCNCC2)nc(C)n1.